The molecule has 4 rings (SSSR count). The predicted molar refractivity (Wildman–Crippen MR) is 118 cm³/mol. The molecule has 154 valence electrons. The summed E-state index contributed by atoms with van der Waals surface area (Å²) in [6, 6.07) is 5.87. The van der Waals surface area contributed by atoms with Crippen molar-refractivity contribution in [1.82, 2.24) is 14.5 Å². The van der Waals surface area contributed by atoms with E-state index in [0.717, 1.165) is 52.2 Å². The van der Waals surface area contributed by atoms with E-state index < -0.39 is 0 Å². The van der Waals surface area contributed by atoms with Crippen LogP contribution in [0.15, 0.2) is 23.0 Å². The van der Waals surface area contributed by atoms with Crippen molar-refractivity contribution >= 4 is 21.6 Å². The highest BCUT2D eigenvalue weighted by molar-refractivity contribution is 7.18. The maximum atomic E-state index is 13.7. The van der Waals surface area contributed by atoms with Gasteiger partial charge in [0.15, 0.2) is 11.5 Å². The second-order valence-electron chi connectivity index (χ2n) is 7.68. The van der Waals surface area contributed by atoms with E-state index in [4.69, 9.17) is 14.5 Å². The number of benzene rings is 1. The van der Waals surface area contributed by atoms with Crippen molar-refractivity contribution in [3.05, 3.63) is 39.0 Å². The largest absolute Gasteiger partial charge is 0.493 e. The van der Waals surface area contributed by atoms with Gasteiger partial charge in [0.25, 0.3) is 5.56 Å². The van der Waals surface area contributed by atoms with E-state index in [1.807, 2.05) is 29.7 Å². The van der Waals surface area contributed by atoms with Crippen molar-refractivity contribution in [3.63, 3.8) is 0 Å². The number of rotatable bonds is 4. The number of piperidine rings is 1. The molecule has 0 amide bonds. The minimum Gasteiger partial charge on any atom is -0.493 e. The molecule has 0 unspecified atom stereocenters. The fraction of sp³-hybridized carbons (Fsp3) is 0.455. The summed E-state index contributed by atoms with van der Waals surface area (Å²) in [6.45, 7) is 6.02. The fourth-order valence-electron chi connectivity index (χ4n) is 4.08. The molecular weight excluding hydrogens is 386 g/mol. The van der Waals surface area contributed by atoms with Gasteiger partial charge < -0.3 is 14.4 Å². The van der Waals surface area contributed by atoms with Crippen molar-refractivity contribution in [2.45, 2.75) is 32.7 Å². The fourth-order valence-corrected chi connectivity index (χ4v) is 5.10. The average Bonchev–Trinajstić information content (AvgIpc) is 3.02. The summed E-state index contributed by atoms with van der Waals surface area (Å²) < 4.78 is 12.8. The normalized spacial score (nSPS) is 15.8. The van der Waals surface area contributed by atoms with Crippen molar-refractivity contribution in [2.75, 3.05) is 34.4 Å². The summed E-state index contributed by atoms with van der Waals surface area (Å²) in [5, 5.41) is 0.760. The summed E-state index contributed by atoms with van der Waals surface area (Å²) in [5.41, 5.74) is 1.98. The predicted octanol–water partition coefficient (Wildman–Crippen LogP) is 4.03. The molecule has 3 aromatic rings. The van der Waals surface area contributed by atoms with Crippen LogP contribution in [0.1, 0.15) is 29.3 Å². The lowest BCUT2D eigenvalue weighted by Gasteiger charge is -2.31. The molecule has 0 aliphatic carbocycles. The van der Waals surface area contributed by atoms with Gasteiger partial charge in [-0.3, -0.25) is 9.36 Å². The summed E-state index contributed by atoms with van der Waals surface area (Å²) in [7, 11) is 5.36. The van der Waals surface area contributed by atoms with Gasteiger partial charge in [-0.05, 0) is 70.6 Å². The molecule has 7 heteroatoms. The van der Waals surface area contributed by atoms with E-state index in [9.17, 15) is 4.79 Å². The van der Waals surface area contributed by atoms with Crippen molar-refractivity contribution in [3.8, 4) is 22.9 Å². The molecule has 1 fully saturated rings. The Bertz CT molecular complexity index is 1110. The summed E-state index contributed by atoms with van der Waals surface area (Å²) >= 11 is 1.59. The van der Waals surface area contributed by atoms with E-state index >= 15 is 0 Å². The standard InChI is InChI=1S/C22H27N3O3S/c1-13-14(2)29-21-19(13)22(26)25(16-8-10-24(3)11-9-16)20(23-21)15-6-7-17(27-4)18(12-15)28-5/h6-7,12,16H,8-11H2,1-5H3. The molecule has 1 aliphatic heterocycles. The van der Waals surface area contributed by atoms with Crippen molar-refractivity contribution in [1.29, 1.82) is 0 Å². The summed E-state index contributed by atoms with van der Waals surface area (Å²) in [6.07, 6.45) is 1.87. The highest BCUT2D eigenvalue weighted by atomic mass is 32.1. The van der Waals surface area contributed by atoms with Crippen LogP contribution in [0.2, 0.25) is 0 Å². The molecule has 6 nitrogen and oxygen atoms in total. The SMILES string of the molecule is COc1ccc(-c2nc3sc(C)c(C)c3c(=O)n2C2CCN(C)CC2)cc1OC. The number of aryl methyl sites for hydroxylation is 2. The van der Waals surface area contributed by atoms with Crippen LogP contribution in [0.25, 0.3) is 21.6 Å². The topological polar surface area (TPSA) is 56.6 Å². The number of methoxy groups -OCH3 is 2. The molecule has 0 radical (unpaired) electrons. The molecule has 3 heterocycles. The van der Waals surface area contributed by atoms with Gasteiger partial charge in [0, 0.05) is 16.5 Å². The lowest BCUT2D eigenvalue weighted by molar-refractivity contribution is 0.219. The van der Waals surface area contributed by atoms with Gasteiger partial charge in [-0.15, -0.1) is 11.3 Å². The number of aromatic nitrogens is 2. The molecule has 0 spiro atoms. The first-order valence-corrected chi connectivity index (χ1v) is 10.7. The van der Waals surface area contributed by atoms with Crippen LogP contribution >= 0.6 is 11.3 Å². The Morgan fingerprint density at radius 3 is 2.45 bits per heavy atom. The minimum absolute atomic E-state index is 0.0659. The number of likely N-dealkylation sites (tertiary alicyclic amines) is 1. The maximum Gasteiger partial charge on any atom is 0.263 e. The number of fused-ring (bicyclic) bond motifs is 1. The van der Waals surface area contributed by atoms with Crippen molar-refractivity contribution in [2.24, 2.45) is 0 Å². The van der Waals surface area contributed by atoms with Crippen molar-refractivity contribution < 1.29 is 9.47 Å². The Hall–Kier alpha value is -2.38. The lowest BCUT2D eigenvalue weighted by atomic mass is 10.0. The Morgan fingerprint density at radius 2 is 1.79 bits per heavy atom. The number of ether oxygens (including phenoxy) is 2. The number of thiophene rings is 1. The average molecular weight is 414 g/mol. The zero-order valence-corrected chi connectivity index (χ0v) is 18.4. The summed E-state index contributed by atoms with van der Waals surface area (Å²) in [5.74, 6) is 2.00. The zero-order chi connectivity index (χ0) is 20.7. The third kappa shape index (κ3) is 3.42. The Kier molecular flexibility index (Phi) is 5.36. The first kappa shape index (κ1) is 19.9. The monoisotopic (exact) mass is 413 g/mol. The first-order chi connectivity index (χ1) is 13.9. The van der Waals surface area contributed by atoms with E-state index in [1.165, 1.54) is 0 Å². The van der Waals surface area contributed by atoms with E-state index in [0.29, 0.717) is 17.3 Å². The molecule has 0 N–H and O–H groups in total. The number of hydrogen-bond donors (Lipinski definition) is 0. The molecule has 2 aromatic heterocycles. The van der Waals surface area contributed by atoms with E-state index in [1.54, 1.807) is 25.6 Å². The molecule has 1 aromatic carbocycles. The zero-order valence-electron chi connectivity index (χ0n) is 17.6. The van der Waals surface area contributed by atoms with Gasteiger partial charge in [-0.25, -0.2) is 4.98 Å². The summed E-state index contributed by atoms with van der Waals surface area (Å²) in [4.78, 5) is 22.9. The third-order valence-corrected chi connectivity index (χ3v) is 7.03. The lowest BCUT2D eigenvalue weighted by Crippen LogP contribution is -2.36. The Labute approximate surface area is 174 Å². The van der Waals surface area contributed by atoms with Crippen LogP contribution in [0.4, 0.5) is 0 Å². The second kappa shape index (κ2) is 7.80. The van der Waals surface area contributed by atoms with E-state index in [-0.39, 0.29) is 11.6 Å². The van der Waals surface area contributed by atoms with Gasteiger partial charge in [0.2, 0.25) is 0 Å². The molecule has 0 atom stereocenters. The highest BCUT2D eigenvalue weighted by Gasteiger charge is 2.26. The molecule has 29 heavy (non-hydrogen) atoms. The van der Waals surface area contributed by atoms with Crippen LogP contribution in [0.5, 0.6) is 11.5 Å². The smallest absolute Gasteiger partial charge is 0.263 e. The molecule has 0 bridgehead atoms. The number of hydrogen-bond acceptors (Lipinski definition) is 6. The maximum absolute atomic E-state index is 13.7. The van der Waals surface area contributed by atoms with Gasteiger partial charge in [0.05, 0.1) is 19.6 Å². The van der Waals surface area contributed by atoms with Crippen LogP contribution in [-0.4, -0.2) is 48.8 Å². The van der Waals surface area contributed by atoms with Gasteiger partial charge in [-0.2, -0.15) is 0 Å². The quantitative estimate of drug-likeness (QED) is 0.646. The van der Waals surface area contributed by atoms with Gasteiger partial charge in [-0.1, -0.05) is 0 Å². The molecule has 1 saturated heterocycles. The second-order valence-corrected chi connectivity index (χ2v) is 8.88. The molecular formula is C22H27N3O3S. The van der Waals surface area contributed by atoms with E-state index in [2.05, 4.69) is 18.9 Å². The van der Waals surface area contributed by atoms with Gasteiger partial charge >= 0.3 is 0 Å². The minimum atomic E-state index is 0.0659. The van der Waals surface area contributed by atoms with Crippen LogP contribution in [-0.2, 0) is 0 Å². The molecule has 0 saturated carbocycles. The molecule has 1 aliphatic rings. The Morgan fingerprint density at radius 1 is 1.10 bits per heavy atom. The first-order valence-electron chi connectivity index (χ1n) is 9.87. The van der Waals surface area contributed by atoms with Crippen LogP contribution in [0.3, 0.4) is 0 Å². The highest BCUT2D eigenvalue weighted by Crippen LogP contribution is 2.35. The Balaban J connectivity index is 1.97. The third-order valence-electron chi connectivity index (χ3n) is 5.93. The number of nitrogens with zero attached hydrogens (tertiary/aromatic N) is 3. The van der Waals surface area contributed by atoms with Gasteiger partial charge in [0.1, 0.15) is 10.7 Å². The van der Waals surface area contributed by atoms with Crippen LogP contribution < -0.4 is 15.0 Å². The van der Waals surface area contributed by atoms with Crippen LogP contribution in [0, 0.1) is 13.8 Å².